The molecule has 2 rings (SSSR count). The first-order valence-electron chi connectivity index (χ1n) is 6.85. The van der Waals surface area contributed by atoms with E-state index in [2.05, 4.69) is 58.2 Å². The summed E-state index contributed by atoms with van der Waals surface area (Å²) in [6.45, 7) is 7.74. The van der Waals surface area contributed by atoms with Crippen LogP contribution in [-0.4, -0.2) is 37.4 Å². The number of halogens is 1. The number of para-hydroxylation sites is 1. The highest BCUT2D eigenvalue weighted by Gasteiger charge is 2.29. The molecule has 0 aromatic heterocycles. The summed E-state index contributed by atoms with van der Waals surface area (Å²) in [6.07, 6.45) is 0.803. The van der Waals surface area contributed by atoms with Crippen LogP contribution in [-0.2, 0) is 0 Å². The molecule has 0 saturated carbocycles. The van der Waals surface area contributed by atoms with Crippen molar-refractivity contribution in [1.82, 2.24) is 5.32 Å². The number of nitrogens with one attached hydrogen (secondary N) is 1. The van der Waals surface area contributed by atoms with Gasteiger partial charge in [-0.3, -0.25) is 0 Å². The average molecular weight is 327 g/mol. The Morgan fingerprint density at radius 2 is 2.16 bits per heavy atom. The van der Waals surface area contributed by atoms with Crippen LogP contribution < -0.4 is 10.2 Å². The fourth-order valence-corrected chi connectivity index (χ4v) is 3.16. The highest BCUT2D eigenvalue weighted by Crippen LogP contribution is 2.30. The fourth-order valence-electron chi connectivity index (χ4n) is 2.63. The Kier molecular flexibility index (Phi) is 4.87. The summed E-state index contributed by atoms with van der Waals surface area (Å²) >= 11 is 3.64. The van der Waals surface area contributed by atoms with Crippen LogP contribution in [0.2, 0.25) is 0 Å². The molecule has 1 fully saturated rings. The highest BCUT2D eigenvalue weighted by molar-refractivity contribution is 9.10. The summed E-state index contributed by atoms with van der Waals surface area (Å²) in [6, 6.07) is 8.70. The maximum Gasteiger partial charge on any atom is 0.0511 e. The van der Waals surface area contributed by atoms with Crippen LogP contribution in [0.3, 0.4) is 0 Å². The minimum atomic E-state index is 0.222. The summed E-state index contributed by atoms with van der Waals surface area (Å²) < 4.78 is 1.13. The van der Waals surface area contributed by atoms with Gasteiger partial charge in [0.05, 0.1) is 5.69 Å². The Morgan fingerprint density at radius 1 is 1.42 bits per heavy atom. The third-order valence-corrected chi connectivity index (χ3v) is 4.27. The van der Waals surface area contributed by atoms with Gasteiger partial charge in [0.15, 0.2) is 0 Å². The zero-order valence-corrected chi connectivity index (χ0v) is 13.3. The van der Waals surface area contributed by atoms with Gasteiger partial charge in [-0.15, -0.1) is 0 Å². The Balaban J connectivity index is 2.23. The van der Waals surface area contributed by atoms with Crippen LogP contribution in [0, 0.1) is 5.41 Å². The van der Waals surface area contributed by atoms with Crippen molar-refractivity contribution in [3.8, 4) is 0 Å². The van der Waals surface area contributed by atoms with Crippen molar-refractivity contribution in [2.45, 2.75) is 26.3 Å². The number of nitrogens with zero attached hydrogens (tertiary/aromatic N) is 1. The molecular formula is C15H23BrN2O. The largest absolute Gasteiger partial charge is 0.396 e. The van der Waals surface area contributed by atoms with Crippen molar-refractivity contribution in [2.24, 2.45) is 5.41 Å². The summed E-state index contributed by atoms with van der Waals surface area (Å²) in [4.78, 5) is 2.42. The monoisotopic (exact) mass is 326 g/mol. The Bertz CT molecular complexity index is 422. The highest BCUT2D eigenvalue weighted by atomic mass is 79.9. The van der Waals surface area contributed by atoms with Crippen molar-refractivity contribution in [3.05, 3.63) is 28.7 Å². The van der Waals surface area contributed by atoms with E-state index in [-0.39, 0.29) is 12.0 Å². The van der Waals surface area contributed by atoms with E-state index in [0.717, 1.165) is 30.5 Å². The first kappa shape index (κ1) is 14.8. The van der Waals surface area contributed by atoms with Gasteiger partial charge in [-0.25, -0.2) is 0 Å². The molecule has 1 heterocycles. The zero-order valence-electron chi connectivity index (χ0n) is 11.7. The predicted molar refractivity (Wildman–Crippen MR) is 83.6 cm³/mol. The molecule has 1 aromatic rings. The molecule has 1 aliphatic heterocycles. The summed E-state index contributed by atoms with van der Waals surface area (Å²) in [5.41, 5.74) is 1.46. The summed E-state index contributed by atoms with van der Waals surface area (Å²) in [5, 5.41) is 12.8. The molecular weight excluding hydrogens is 304 g/mol. The van der Waals surface area contributed by atoms with Gasteiger partial charge < -0.3 is 15.3 Å². The van der Waals surface area contributed by atoms with Crippen LogP contribution in [0.15, 0.2) is 28.7 Å². The number of anilines is 1. The number of hydrogen-bond acceptors (Lipinski definition) is 3. The third kappa shape index (κ3) is 3.94. The smallest absolute Gasteiger partial charge is 0.0511 e. The second-order valence-electron chi connectivity index (χ2n) is 6.09. The van der Waals surface area contributed by atoms with Crippen molar-refractivity contribution in [2.75, 3.05) is 31.1 Å². The Labute approximate surface area is 124 Å². The van der Waals surface area contributed by atoms with Crippen LogP contribution in [0.1, 0.15) is 20.3 Å². The van der Waals surface area contributed by atoms with E-state index >= 15 is 0 Å². The molecule has 2 N–H and O–H groups in total. The maximum absolute atomic E-state index is 9.18. The lowest BCUT2D eigenvalue weighted by Gasteiger charge is -2.31. The van der Waals surface area contributed by atoms with E-state index in [0.29, 0.717) is 6.04 Å². The first-order chi connectivity index (χ1) is 9.02. The van der Waals surface area contributed by atoms with Gasteiger partial charge >= 0.3 is 0 Å². The van der Waals surface area contributed by atoms with Crippen molar-refractivity contribution >= 4 is 21.6 Å². The second-order valence-corrected chi connectivity index (χ2v) is 6.94. The molecule has 4 heteroatoms. The van der Waals surface area contributed by atoms with Crippen LogP contribution >= 0.6 is 15.9 Å². The quantitative estimate of drug-likeness (QED) is 0.896. The first-order valence-corrected chi connectivity index (χ1v) is 7.65. The summed E-state index contributed by atoms with van der Waals surface area (Å²) in [7, 11) is 0. The second kappa shape index (κ2) is 6.25. The SMILES string of the molecule is CC1(C)CNC(CCO)CN(c2ccccc2Br)C1. The number of aliphatic hydroxyl groups excluding tert-OH is 1. The Hall–Kier alpha value is -0.580. The lowest BCUT2D eigenvalue weighted by atomic mass is 9.93. The van der Waals surface area contributed by atoms with E-state index < -0.39 is 0 Å². The molecule has 0 amide bonds. The molecule has 0 radical (unpaired) electrons. The molecule has 1 aliphatic rings. The molecule has 1 saturated heterocycles. The van der Waals surface area contributed by atoms with Gasteiger partial charge in [0.2, 0.25) is 0 Å². The van der Waals surface area contributed by atoms with E-state index in [1.807, 2.05) is 6.07 Å². The topological polar surface area (TPSA) is 35.5 Å². The van der Waals surface area contributed by atoms with E-state index in [1.165, 1.54) is 5.69 Å². The molecule has 3 nitrogen and oxygen atoms in total. The number of hydrogen-bond donors (Lipinski definition) is 2. The average Bonchev–Trinajstić information content (AvgIpc) is 2.50. The zero-order chi connectivity index (χ0) is 13.9. The minimum Gasteiger partial charge on any atom is -0.396 e. The van der Waals surface area contributed by atoms with Gasteiger partial charge in [-0.1, -0.05) is 26.0 Å². The van der Waals surface area contributed by atoms with Crippen LogP contribution in [0.5, 0.6) is 0 Å². The van der Waals surface area contributed by atoms with E-state index in [1.54, 1.807) is 0 Å². The van der Waals surface area contributed by atoms with Gasteiger partial charge in [-0.05, 0) is 39.9 Å². The van der Waals surface area contributed by atoms with Crippen LogP contribution in [0.4, 0.5) is 5.69 Å². The van der Waals surface area contributed by atoms with Gasteiger partial charge in [0.25, 0.3) is 0 Å². The lowest BCUT2D eigenvalue weighted by molar-refractivity contribution is 0.263. The van der Waals surface area contributed by atoms with Crippen LogP contribution in [0.25, 0.3) is 0 Å². The summed E-state index contributed by atoms with van der Waals surface area (Å²) in [5.74, 6) is 0. The Morgan fingerprint density at radius 3 is 2.84 bits per heavy atom. The standard InChI is InChI=1S/C15H23BrN2O/c1-15(2)10-17-12(7-8-19)9-18(11-15)14-6-4-3-5-13(14)16/h3-6,12,17,19H,7-11H2,1-2H3. The molecule has 1 aromatic carbocycles. The normalized spacial score (nSPS) is 23.2. The number of rotatable bonds is 3. The van der Waals surface area contributed by atoms with Gasteiger partial charge in [0, 0.05) is 36.8 Å². The van der Waals surface area contributed by atoms with E-state index in [4.69, 9.17) is 0 Å². The molecule has 0 aliphatic carbocycles. The third-order valence-electron chi connectivity index (χ3n) is 3.60. The van der Waals surface area contributed by atoms with Crippen molar-refractivity contribution in [1.29, 1.82) is 0 Å². The molecule has 0 spiro atoms. The maximum atomic E-state index is 9.18. The molecule has 19 heavy (non-hydrogen) atoms. The van der Waals surface area contributed by atoms with Crippen molar-refractivity contribution < 1.29 is 5.11 Å². The molecule has 106 valence electrons. The molecule has 1 unspecified atom stereocenters. The number of aliphatic hydroxyl groups is 1. The fraction of sp³-hybridized carbons (Fsp3) is 0.600. The molecule has 0 bridgehead atoms. The lowest BCUT2D eigenvalue weighted by Crippen LogP contribution is -2.38. The van der Waals surface area contributed by atoms with E-state index in [9.17, 15) is 5.11 Å². The van der Waals surface area contributed by atoms with Gasteiger partial charge in [-0.2, -0.15) is 0 Å². The van der Waals surface area contributed by atoms with Crippen molar-refractivity contribution in [3.63, 3.8) is 0 Å². The molecule has 1 atom stereocenters. The van der Waals surface area contributed by atoms with Gasteiger partial charge in [0.1, 0.15) is 0 Å². The predicted octanol–water partition coefficient (Wildman–Crippen LogP) is 2.64. The number of benzene rings is 1. The minimum absolute atomic E-state index is 0.222.